The van der Waals surface area contributed by atoms with Gasteiger partial charge < -0.3 is 10.6 Å². The van der Waals surface area contributed by atoms with E-state index in [1.807, 2.05) is 51.3 Å². The Hall–Kier alpha value is -1.95. The summed E-state index contributed by atoms with van der Waals surface area (Å²) >= 11 is 1.40. The molecule has 2 aromatic rings. The normalized spacial score (nSPS) is 11.6. The number of aryl methyl sites for hydroxylation is 1. The van der Waals surface area contributed by atoms with Gasteiger partial charge in [0.15, 0.2) is 17.5 Å². The van der Waals surface area contributed by atoms with Crippen LogP contribution >= 0.6 is 11.3 Å². The van der Waals surface area contributed by atoms with Gasteiger partial charge in [-0.1, -0.05) is 11.2 Å². The van der Waals surface area contributed by atoms with Crippen molar-refractivity contribution in [1.29, 1.82) is 0 Å². The first-order valence-corrected chi connectivity index (χ1v) is 8.08. The maximum absolute atomic E-state index is 5.51. The SMILES string of the molecule is C/C(=N/OC(C)(C)C)c1csc(N)n1.CC[n+]1ccccc1. The molecule has 0 saturated heterocycles. The fourth-order valence-corrected chi connectivity index (χ4v) is 1.96. The number of pyridine rings is 1. The molecule has 0 aliphatic carbocycles. The Morgan fingerprint density at radius 2 is 1.95 bits per heavy atom. The van der Waals surface area contributed by atoms with Crippen molar-refractivity contribution in [2.75, 3.05) is 5.73 Å². The van der Waals surface area contributed by atoms with Crippen LogP contribution in [0.4, 0.5) is 5.13 Å². The smallest absolute Gasteiger partial charge is 0.180 e. The Morgan fingerprint density at radius 1 is 1.32 bits per heavy atom. The highest BCUT2D eigenvalue weighted by atomic mass is 32.1. The Morgan fingerprint density at radius 3 is 2.36 bits per heavy atom. The number of thiazole rings is 1. The second kappa shape index (κ2) is 8.48. The summed E-state index contributed by atoms with van der Waals surface area (Å²) in [6.07, 6.45) is 4.11. The molecule has 22 heavy (non-hydrogen) atoms. The van der Waals surface area contributed by atoms with Crippen LogP contribution in [0.3, 0.4) is 0 Å². The molecular weight excluding hydrogens is 296 g/mol. The van der Waals surface area contributed by atoms with Gasteiger partial charge in [0.2, 0.25) is 0 Å². The Balaban J connectivity index is 0.000000255. The molecule has 0 aliphatic rings. The largest absolute Gasteiger partial charge is 0.390 e. The van der Waals surface area contributed by atoms with Crippen LogP contribution in [0, 0.1) is 0 Å². The number of hydrogen-bond donors (Lipinski definition) is 1. The van der Waals surface area contributed by atoms with Crippen molar-refractivity contribution in [3.63, 3.8) is 0 Å². The molecule has 0 aliphatic heterocycles. The van der Waals surface area contributed by atoms with E-state index in [4.69, 9.17) is 10.6 Å². The molecule has 0 aromatic carbocycles. The fraction of sp³-hybridized carbons (Fsp3) is 0.438. The van der Waals surface area contributed by atoms with Gasteiger partial charge in [0.05, 0.1) is 0 Å². The molecule has 0 saturated carbocycles. The minimum absolute atomic E-state index is 0.275. The van der Waals surface area contributed by atoms with Crippen LogP contribution in [-0.2, 0) is 11.4 Å². The molecule has 5 nitrogen and oxygen atoms in total. The van der Waals surface area contributed by atoms with E-state index in [1.165, 1.54) is 11.3 Å². The van der Waals surface area contributed by atoms with E-state index in [1.54, 1.807) is 0 Å². The number of nitrogens with two attached hydrogens (primary N) is 1. The van der Waals surface area contributed by atoms with Gasteiger partial charge >= 0.3 is 0 Å². The summed E-state index contributed by atoms with van der Waals surface area (Å²) in [4.78, 5) is 9.36. The van der Waals surface area contributed by atoms with Crippen LogP contribution in [0.2, 0.25) is 0 Å². The molecule has 0 atom stereocenters. The zero-order chi connectivity index (χ0) is 16.6. The van der Waals surface area contributed by atoms with Gasteiger partial charge in [-0.15, -0.1) is 11.3 Å². The van der Waals surface area contributed by atoms with E-state index >= 15 is 0 Å². The van der Waals surface area contributed by atoms with E-state index in [2.05, 4.69) is 34.0 Å². The first kappa shape index (κ1) is 18.1. The summed E-state index contributed by atoms with van der Waals surface area (Å²) in [5.74, 6) is 0. The zero-order valence-corrected chi connectivity index (χ0v) is 14.7. The van der Waals surface area contributed by atoms with Crippen LogP contribution in [0.5, 0.6) is 0 Å². The number of aromatic nitrogens is 2. The summed E-state index contributed by atoms with van der Waals surface area (Å²) in [6.45, 7) is 10.9. The number of anilines is 1. The Kier molecular flexibility index (Phi) is 6.98. The summed E-state index contributed by atoms with van der Waals surface area (Å²) in [5.41, 5.74) is 6.75. The molecule has 0 spiro atoms. The molecule has 0 amide bonds. The fourth-order valence-electron chi connectivity index (χ4n) is 1.35. The lowest BCUT2D eigenvalue weighted by atomic mass is 10.2. The van der Waals surface area contributed by atoms with Crippen LogP contribution in [0.25, 0.3) is 0 Å². The lowest BCUT2D eigenvalue weighted by Crippen LogP contribution is -2.30. The van der Waals surface area contributed by atoms with Crippen LogP contribution in [0.1, 0.15) is 40.3 Å². The summed E-state index contributed by atoms with van der Waals surface area (Å²) in [7, 11) is 0. The van der Waals surface area contributed by atoms with Crippen molar-refractivity contribution in [2.24, 2.45) is 5.16 Å². The maximum Gasteiger partial charge on any atom is 0.180 e. The molecule has 6 heteroatoms. The molecule has 2 rings (SSSR count). The molecular formula is C16H25N4OS+. The van der Waals surface area contributed by atoms with Gasteiger partial charge in [-0.05, 0) is 34.6 Å². The van der Waals surface area contributed by atoms with Gasteiger partial charge in [-0.2, -0.15) is 0 Å². The van der Waals surface area contributed by atoms with Gasteiger partial charge in [-0.3, -0.25) is 0 Å². The second-order valence-electron chi connectivity index (χ2n) is 5.66. The first-order valence-electron chi connectivity index (χ1n) is 7.20. The quantitative estimate of drug-likeness (QED) is 0.536. The maximum atomic E-state index is 5.51. The highest BCUT2D eigenvalue weighted by Crippen LogP contribution is 2.13. The predicted molar refractivity (Wildman–Crippen MR) is 91.9 cm³/mol. The molecule has 2 aromatic heterocycles. The highest BCUT2D eigenvalue weighted by molar-refractivity contribution is 7.13. The lowest BCUT2D eigenvalue weighted by Gasteiger charge is -2.15. The van der Waals surface area contributed by atoms with E-state index in [-0.39, 0.29) is 5.60 Å². The van der Waals surface area contributed by atoms with E-state index in [0.717, 1.165) is 18.0 Å². The Labute approximate surface area is 136 Å². The van der Waals surface area contributed by atoms with Gasteiger partial charge in [0, 0.05) is 17.5 Å². The second-order valence-corrected chi connectivity index (χ2v) is 6.55. The van der Waals surface area contributed by atoms with Crippen molar-refractivity contribution < 1.29 is 9.40 Å². The van der Waals surface area contributed by atoms with E-state index in [9.17, 15) is 0 Å². The molecule has 0 radical (unpaired) electrons. The predicted octanol–water partition coefficient (Wildman–Crippen LogP) is 3.26. The third kappa shape index (κ3) is 7.17. The standard InChI is InChI=1S/C9H15N3OS.C7H10N/c1-6(12-13-9(2,3)4)7-5-14-8(10)11-7;1-2-8-6-4-3-5-7-8/h5H,1-4H3,(H2,10,11);3-7H,2H2,1H3/q;+1/b12-6-;. The first-order chi connectivity index (χ1) is 10.3. The summed E-state index contributed by atoms with van der Waals surface area (Å²) in [6, 6.07) is 6.08. The monoisotopic (exact) mass is 321 g/mol. The summed E-state index contributed by atoms with van der Waals surface area (Å²) < 4.78 is 2.12. The van der Waals surface area contributed by atoms with Crippen molar-refractivity contribution in [2.45, 2.75) is 46.8 Å². The van der Waals surface area contributed by atoms with E-state index in [0.29, 0.717) is 5.13 Å². The molecule has 0 bridgehead atoms. The zero-order valence-electron chi connectivity index (χ0n) is 13.9. The molecule has 2 heterocycles. The van der Waals surface area contributed by atoms with Gasteiger partial charge in [0.1, 0.15) is 23.6 Å². The molecule has 120 valence electrons. The number of oxime groups is 1. The van der Waals surface area contributed by atoms with E-state index < -0.39 is 0 Å². The molecule has 0 unspecified atom stereocenters. The van der Waals surface area contributed by atoms with Crippen LogP contribution < -0.4 is 10.3 Å². The van der Waals surface area contributed by atoms with Crippen molar-refractivity contribution in [3.8, 4) is 0 Å². The topological polar surface area (TPSA) is 64.4 Å². The lowest BCUT2D eigenvalue weighted by molar-refractivity contribution is -0.693. The van der Waals surface area contributed by atoms with Crippen molar-refractivity contribution >= 4 is 22.2 Å². The number of nitrogen functional groups attached to an aromatic ring is 1. The van der Waals surface area contributed by atoms with Crippen LogP contribution in [-0.4, -0.2) is 16.3 Å². The van der Waals surface area contributed by atoms with Crippen LogP contribution in [0.15, 0.2) is 41.1 Å². The minimum atomic E-state index is -0.275. The molecule has 0 fully saturated rings. The number of rotatable bonds is 3. The number of hydrogen-bond acceptors (Lipinski definition) is 5. The minimum Gasteiger partial charge on any atom is -0.390 e. The summed E-state index contributed by atoms with van der Waals surface area (Å²) in [5, 5.41) is 6.39. The van der Waals surface area contributed by atoms with Crippen molar-refractivity contribution in [3.05, 3.63) is 41.7 Å². The number of nitrogens with zero attached hydrogens (tertiary/aromatic N) is 3. The van der Waals surface area contributed by atoms with Crippen molar-refractivity contribution in [1.82, 2.24) is 4.98 Å². The van der Waals surface area contributed by atoms with Gasteiger partial charge in [0.25, 0.3) is 0 Å². The Bertz CT molecular complexity index is 588. The third-order valence-electron chi connectivity index (χ3n) is 2.49. The molecule has 2 N–H and O–H groups in total. The average molecular weight is 321 g/mol. The van der Waals surface area contributed by atoms with Gasteiger partial charge in [-0.25, -0.2) is 9.55 Å². The third-order valence-corrected chi connectivity index (χ3v) is 3.17. The highest BCUT2D eigenvalue weighted by Gasteiger charge is 2.11. The average Bonchev–Trinajstić information content (AvgIpc) is 2.92.